The lowest BCUT2D eigenvalue weighted by molar-refractivity contribution is 0.0697. The molecule has 0 atom stereocenters. The van der Waals surface area contributed by atoms with Crippen molar-refractivity contribution in [2.75, 3.05) is 5.32 Å². The number of aryl methyl sites for hydroxylation is 2. The van der Waals surface area contributed by atoms with Gasteiger partial charge in [0.15, 0.2) is 0 Å². The molecule has 2 rings (SSSR count). The van der Waals surface area contributed by atoms with Crippen LogP contribution in [-0.2, 0) is 0 Å². The summed E-state index contributed by atoms with van der Waals surface area (Å²) in [5.41, 5.74) is 2.12. The maximum Gasteiger partial charge on any atom is 0.337 e. The van der Waals surface area contributed by atoms with E-state index in [1.807, 2.05) is 0 Å². The van der Waals surface area contributed by atoms with Crippen LogP contribution < -0.4 is 5.32 Å². The molecule has 0 radical (unpaired) electrons. The fraction of sp³-hybridized carbons (Fsp3) is 0.154. The van der Waals surface area contributed by atoms with Crippen LogP contribution in [0.15, 0.2) is 18.2 Å². The van der Waals surface area contributed by atoms with Crippen LogP contribution >= 0.6 is 11.6 Å². The summed E-state index contributed by atoms with van der Waals surface area (Å²) in [7, 11) is 0. The number of halogens is 1. The summed E-state index contributed by atoms with van der Waals surface area (Å²) in [5, 5.41) is 18.3. The van der Waals surface area contributed by atoms with Crippen molar-refractivity contribution in [3.05, 3.63) is 45.7 Å². The van der Waals surface area contributed by atoms with Crippen molar-refractivity contribution >= 4 is 29.2 Å². The molecular formula is C13H12ClN3O3. The maximum atomic E-state index is 12.1. The van der Waals surface area contributed by atoms with Crippen molar-refractivity contribution in [2.45, 2.75) is 13.8 Å². The monoisotopic (exact) mass is 293 g/mol. The summed E-state index contributed by atoms with van der Waals surface area (Å²) < 4.78 is 0. The van der Waals surface area contributed by atoms with E-state index in [1.165, 1.54) is 18.2 Å². The normalized spacial score (nSPS) is 10.3. The maximum absolute atomic E-state index is 12.1. The molecule has 0 aliphatic carbocycles. The van der Waals surface area contributed by atoms with Gasteiger partial charge >= 0.3 is 5.97 Å². The number of carboxylic acids is 1. The highest BCUT2D eigenvalue weighted by atomic mass is 35.5. The molecule has 1 aromatic carbocycles. The molecule has 20 heavy (non-hydrogen) atoms. The Morgan fingerprint density at radius 1 is 1.35 bits per heavy atom. The van der Waals surface area contributed by atoms with Crippen LogP contribution in [0.25, 0.3) is 0 Å². The van der Waals surface area contributed by atoms with Crippen LogP contribution in [0.5, 0.6) is 0 Å². The average molecular weight is 294 g/mol. The van der Waals surface area contributed by atoms with Crippen LogP contribution in [-0.4, -0.2) is 27.2 Å². The van der Waals surface area contributed by atoms with E-state index < -0.39 is 5.97 Å². The Labute approximate surface area is 119 Å². The number of anilines is 1. The molecule has 0 bridgehead atoms. The van der Waals surface area contributed by atoms with Crippen molar-refractivity contribution in [1.29, 1.82) is 0 Å². The third-order valence-corrected chi connectivity index (χ3v) is 3.13. The Morgan fingerprint density at radius 3 is 2.55 bits per heavy atom. The number of nitrogens with zero attached hydrogens (tertiary/aromatic N) is 1. The van der Waals surface area contributed by atoms with E-state index in [0.29, 0.717) is 22.6 Å². The Morgan fingerprint density at radius 2 is 2.05 bits per heavy atom. The second-order valence-electron chi connectivity index (χ2n) is 4.26. The second-order valence-corrected chi connectivity index (χ2v) is 4.67. The van der Waals surface area contributed by atoms with Crippen molar-refractivity contribution in [3.63, 3.8) is 0 Å². The van der Waals surface area contributed by atoms with Gasteiger partial charge in [0, 0.05) is 11.4 Å². The third kappa shape index (κ3) is 2.65. The molecular weight excluding hydrogens is 282 g/mol. The SMILES string of the molecule is Cc1n[nH]c(C)c1C(=O)Nc1ccc(C(=O)O)c(Cl)c1. The quantitative estimate of drug-likeness (QED) is 0.810. The molecule has 0 aliphatic rings. The highest BCUT2D eigenvalue weighted by Gasteiger charge is 2.16. The summed E-state index contributed by atoms with van der Waals surface area (Å²) in [6, 6.07) is 4.22. The molecule has 1 amide bonds. The lowest BCUT2D eigenvalue weighted by Crippen LogP contribution is -2.14. The first-order chi connectivity index (χ1) is 9.40. The highest BCUT2D eigenvalue weighted by Crippen LogP contribution is 2.22. The molecule has 7 heteroatoms. The van der Waals surface area contributed by atoms with Crippen LogP contribution in [0.3, 0.4) is 0 Å². The first-order valence-corrected chi connectivity index (χ1v) is 6.13. The zero-order valence-electron chi connectivity index (χ0n) is 10.8. The van der Waals surface area contributed by atoms with Gasteiger partial charge in [-0.15, -0.1) is 0 Å². The molecule has 0 fully saturated rings. The Kier molecular flexibility index (Phi) is 3.76. The number of benzene rings is 1. The molecule has 2 aromatic rings. The lowest BCUT2D eigenvalue weighted by atomic mass is 10.1. The first kappa shape index (κ1) is 14.1. The van der Waals surface area contributed by atoms with Crippen molar-refractivity contribution in [3.8, 4) is 0 Å². The predicted molar refractivity (Wildman–Crippen MR) is 74.4 cm³/mol. The van der Waals surface area contributed by atoms with E-state index in [9.17, 15) is 9.59 Å². The number of H-pyrrole nitrogens is 1. The number of carbonyl (C=O) groups excluding carboxylic acids is 1. The number of amides is 1. The molecule has 0 saturated heterocycles. The first-order valence-electron chi connectivity index (χ1n) is 5.76. The van der Waals surface area contributed by atoms with Gasteiger partial charge in [0.2, 0.25) is 0 Å². The molecule has 6 nitrogen and oxygen atoms in total. The van der Waals surface area contributed by atoms with Gasteiger partial charge in [-0.05, 0) is 32.0 Å². The van der Waals surface area contributed by atoms with Gasteiger partial charge in [0.1, 0.15) is 0 Å². The van der Waals surface area contributed by atoms with E-state index >= 15 is 0 Å². The largest absolute Gasteiger partial charge is 0.478 e. The summed E-state index contributed by atoms with van der Waals surface area (Å²) in [5.74, 6) is -1.44. The average Bonchev–Trinajstić information content (AvgIpc) is 2.68. The number of aromatic carboxylic acids is 1. The van der Waals surface area contributed by atoms with E-state index in [-0.39, 0.29) is 16.5 Å². The molecule has 1 aromatic heterocycles. The number of aromatic nitrogens is 2. The standard InChI is InChI=1S/C13H12ClN3O3/c1-6-11(7(2)17-16-6)12(18)15-8-3-4-9(13(19)20)10(14)5-8/h3-5H,1-2H3,(H,15,18)(H,16,17)(H,19,20). The van der Waals surface area contributed by atoms with Crippen molar-refractivity contribution < 1.29 is 14.7 Å². The number of carbonyl (C=O) groups is 2. The van der Waals surface area contributed by atoms with E-state index in [4.69, 9.17) is 16.7 Å². The van der Waals surface area contributed by atoms with Crippen LogP contribution in [0.1, 0.15) is 32.1 Å². The molecule has 3 N–H and O–H groups in total. The number of hydrogen-bond acceptors (Lipinski definition) is 3. The molecule has 0 spiro atoms. The smallest absolute Gasteiger partial charge is 0.337 e. The fourth-order valence-electron chi connectivity index (χ4n) is 1.85. The summed E-state index contributed by atoms with van der Waals surface area (Å²) in [4.78, 5) is 23.0. The van der Waals surface area contributed by atoms with Gasteiger partial charge in [-0.3, -0.25) is 9.89 Å². The Hall–Kier alpha value is -2.34. The van der Waals surface area contributed by atoms with Gasteiger partial charge < -0.3 is 10.4 Å². The number of carboxylic acid groups (broad SMARTS) is 1. The van der Waals surface area contributed by atoms with Gasteiger partial charge in [-0.1, -0.05) is 11.6 Å². The Bertz CT molecular complexity index is 675. The van der Waals surface area contributed by atoms with Crippen molar-refractivity contribution in [2.24, 2.45) is 0 Å². The van der Waals surface area contributed by atoms with Crippen LogP contribution in [0.4, 0.5) is 5.69 Å². The van der Waals surface area contributed by atoms with Crippen LogP contribution in [0.2, 0.25) is 5.02 Å². The number of rotatable bonds is 3. The summed E-state index contributed by atoms with van der Waals surface area (Å²) >= 11 is 5.84. The zero-order chi connectivity index (χ0) is 14.9. The molecule has 104 valence electrons. The number of aromatic amines is 1. The van der Waals surface area contributed by atoms with Crippen LogP contribution in [0, 0.1) is 13.8 Å². The third-order valence-electron chi connectivity index (χ3n) is 2.81. The minimum atomic E-state index is -1.12. The molecule has 1 heterocycles. The van der Waals surface area contributed by atoms with Gasteiger partial charge in [0.25, 0.3) is 5.91 Å². The van der Waals surface area contributed by atoms with Gasteiger partial charge in [0.05, 0.1) is 21.8 Å². The minimum Gasteiger partial charge on any atom is -0.478 e. The molecule has 0 aliphatic heterocycles. The molecule has 0 unspecified atom stereocenters. The summed E-state index contributed by atoms with van der Waals surface area (Å²) in [6.07, 6.45) is 0. The summed E-state index contributed by atoms with van der Waals surface area (Å²) in [6.45, 7) is 3.47. The van der Waals surface area contributed by atoms with E-state index in [1.54, 1.807) is 13.8 Å². The predicted octanol–water partition coefficient (Wildman–Crippen LogP) is 2.63. The van der Waals surface area contributed by atoms with Crippen molar-refractivity contribution in [1.82, 2.24) is 10.2 Å². The van der Waals surface area contributed by atoms with Gasteiger partial charge in [-0.2, -0.15) is 5.10 Å². The highest BCUT2D eigenvalue weighted by molar-refractivity contribution is 6.33. The van der Waals surface area contributed by atoms with E-state index in [2.05, 4.69) is 15.5 Å². The number of hydrogen-bond donors (Lipinski definition) is 3. The number of nitrogens with one attached hydrogen (secondary N) is 2. The Balaban J connectivity index is 2.25. The fourth-order valence-corrected chi connectivity index (χ4v) is 2.11. The topological polar surface area (TPSA) is 95.1 Å². The zero-order valence-corrected chi connectivity index (χ0v) is 11.6. The second kappa shape index (κ2) is 5.34. The van der Waals surface area contributed by atoms with Gasteiger partial charge in [-0.25, -0.2) is 4.79 Å². The van der Waals surface area contributed by atoms with E-state index in [0.717, 1.165) is 0 Å². The minimum absolute atomic E-state index is 0.0136. The lowest BCUT2D eigenvalue weighted by Gasteiger charge is -2.07. The molecule has 0 saturated carbocycles.